The molecule has 0 aliphatic rings. The molecule has 1 heterocycles. The minimum atomic E-state index is -4.83. The van der Waals surface area contributed by atoms with Crippen LogP contribution in [0.5, 0.6) is 0 Å². The van der Waals surface area contributed by atoms with Crippen molar-refractivity contribution in [1.82, 2.24) is 25.5 Å². The van der Waals surface area contributed by atoms with Crippen molar-refractivity contribution in [2.45, 2.75) is 19.1 Å². The van der Waals surface area contributed by atoms with E-state index < -0.39 is 23.7 Å². The first-order valence-corrected chi connectivity index (χ1v) is 9.24. The third-order valence-corrected chi connectivity index (χ3v) is 4.50. The third-order valence-electron chi connectivity index (χ3n) is 4.18. The van der Waals surface area contributed by atoms with Crippen molar-refractivity contribution in [1.29, 1.82) is 0 Å². The van der Waals surface area contributed by atoms with Crippen LogP contribution in [-0.4, -0.2) is 45.9 Å². The highest BCUT2D eigenvalue weighted by molar-refractivity contribution is 6.33. The Morgan fingerprint density at radius 2 is 2.00 bits per heavy atom. The van der Waals surface area contributed by atoms with E-state index in [1.54, 1.807) is 6.92 Å². The van der Waals surface area contributed by atoms with Gasteiger partial charge >= 0.3 is 6.18 Å². The Kier molecular flexibility index (Phi) is 6.56. The molecule has 2 aromatic carbocycles. The van der Waals surface area contributed by atoms with Gasteiger partial charge in [0, 0.05) is 24.3 Å². The van der Waals surface area contributed by atoms with Gasteiger partial charge in [-0.05, 0) is 59.3 Å². The number of alkyl halides is 3. The van der Waals surface area contributed by atoms with Crippen LogP contribution in [0.2, 0.25) is 5.02 Å². The summed E-state index contributed by atoms with van der Waals surface area (Å²) < 4.78 is 58.8. The lowest BCUT2D eigenvalue weighted by Crippen LogP contribution is -2.35. The SMILES string of the molecule is COC[C@@H](C)NC(=O)c1cc(-c2ccc(F)cc2Cl)cc(-n2nnnc2C(F)(F)F)c1. The first-order valence-electron chi connectivity index (χ1n) is 8.86. The quantitative estimate of drug-likeness (QED) is 0.568. The van der Waals surface area contributed by atoms with E-state index in [1.165, 1.54) is 31.4 Å². The highest BCUT2D eigenvalue weighted by Crippen LogP contribution is 2.33. The molecule has 0 aliphatic heterocycles. The first kappa shape index (κ1) is 22.6. The molecule has 0 fully saturated rings. The van der Waals surface area contributed by atoms with E-state index in [9.17, 15) is 22.4 Å². The summed E-state index contributed by atoms with van der Waals surface area (Å²) in [6, 6.07) is 7.15. The Balaban J connectivity index is 2.15. The first-order chi connectivity index (χ1) is 14.6. The number of tetrazole rings is 1. The van der Waals surface area contributed by atoms with Gasteiger partial charge in [-0.3, -0.25) is 4.79 Å². The number of nitrogens with zero attached hydrogens (tertiary/aromatic N) is 4. The Labute approximate surface area is 179 Å². The van der Waals surface area contributed by atoms with Crippen LogP contribution in [0, 0.1) is 5.82 Å². The topological polar surface area (TPSA) is 81.9 Å². The molecule has 3 rings (SSSR count). The van der Waals surface area contributed by atoms with Gasteiger partial charge in [-0.2, -0.15) is 17.9 Å². The lowest BCUT2D eigenvalue weighted by atomic mass is 10.0. The van der Waals surface area contributed by atoms with E-state index in [0.717, 1.165) is 12.1 Å². The summed E-state index contributed by atoms with van der Waals surface area (Å²) >= 11 is 6.12. The summed E-state index contributed by atoms with van der Waals surface area (Å²) in [4.78, 5) is 12.7. The number of amides is 1. The minimum Gasteiger partial charge on any atom is -0.383 e. The number of hydrogen-bond acceptors (Lipinski definition) is 5. The van der Waals surface area contributed by atoms with Crippen molar-refractivity contribution < 1.29 is 27.1 Å². The molecule has 1 aromatic heterocycles. The monoisotopic (exact) mass is 457 g/mol. The van der Waals surface area contributed by atoms with E-state index in [0.29, 0.717) is 10.2 Å². The van der Waals surface area contributed by atoms with Crippen LogP contribution in [0.3, 0.4) is 0 Å². The fourth-order valence-corrected chi connectivity index (χ4v) is 3.16. The standard InChI is InChI=1S/C19H16ClF4N5O2/c1-10(9-31-2)25-17(30)12-5-11(15-4-3-13(21)8-16(15)20)6-14(7-12)29-18(19(22,23)24)26-27-28-29/h3-8,10H,9H2,1-2H3,(H,25,30)/t10-/m1/s1. The van der Waals surface area contributed by atoms with Gasteiger partial charge in [0.1, 0.15) is 5.82 Å². The Hall–Kier alpha value is -3.05. The van der Waals surface area contributed by atoms with E-state index in [1.807, 2.05) is 0 Å². The van der Waals surface area contributed by atoms with E-state index in [2.05, 4.69) is 20.8 Å². The molecular weight excluding hydrogens is 442 g/mol. The van der Waals surface area contributed by atoms with Crippen LogP contribution in [0.15, 0.2) is 36.4 Å². The van der Waals surface area contributed by atoms with Gasteiger partial charge in [-0.1, -0.05) is 11.6 Å². The zero-order valence-corrected chi connectivity index (χ0v) is 17.0. The number of hydrogen-bond donors (Lipinski definition) is 1. The Morgan fingerprint density at radius 1 is 1.26 bits per heavy atom. The minimum absolute atomic E-state index is 0.0176. The summed E-state index contributed by atoms with van der Waals surface area (Å²) in [6.07, 6.45) is -4.83. The molecule has 1 atom stereocenters. The molecule has 0 saturated heterocycles. The average Bonchev–Trinajstić information content (AvgIpc) is 3.18. The van der Waals surface area contributed by atoms with Crippen molar-refractivity contribution >= 4 is 17.5 Å². The number of carbonyl (C=O) groups is 1. The fourth-order valence-electron chi connectivity index (χ4n) is 2.88. The van der Waals surface area contributed by atoms with E-state index >= 15 is 0 Å². The highest BCUT2D eigenvalue weighted by atomic mass is 35.5. The van der Waals surface area contributed by atoms with Crippen LogP contribution in [0.1, 0.15) is 23.1 Å². The van der Waals surface area contributed by atoms with Crippen LogP contribution in [-0.2, 0) is 10.9 Å². The second-order valence-electron chi connectivity index (χ2n) is 6.63. The normalized spacial score (nSPS) is 12.6. The molecule has 12 heteroatoms. The molecule has 0 saturated carbocycles. The van der Waals surface area contributed by atoms with Crippen LogP contribution in [0.25, 0.3) is 16.8 Å². The maximum absolute atomic E-state index is 13.5. The van der Waals surface area contributed by atoms with Crippen molar-refractivity contribution in [2.75, 3.05) is 13.7 Å². The molecule has 0 spiro atoms. The second-order valence-corrected chi connectivity index (χ2v) is 7.04. The van der Waals surface area contributed by atoms with Crippen LogP contribution in [0.4, 0.5) is 17.6 Å². The summed E-state index contributed by atoms with van der Waals surface area (Å²) in [5.41, 5.74) is 0.487. The predicted molar refractivity (Wildman–Crippen MR) is 103 cm³/mol. The van der Waals surface area contributed by atoms with Gasteiger partial charge < -0.3 is 10.1 Å². The number of rotatable bonds is 6. The average molecular weight is 458 g/mol. The van der Waals surface area contributed by atoms with Crippen molar-refractivity contribution in [3.05, 3.63) is 58.6 Å². The van der Waals surface area contributed by atoms with E-state index in [-0.39, 0.29) is 34.5 Å². The fraction of sp³-hybridized carbons (Fsp3) is 0.263. The highest BCUT2D eigenvalue weighted by Gasteiger charge is 2.38. The number of carbonyl (C=O) groups excluding carboxylic acids is 1. The largest absolute Gasteiger partial charge is 0.453 e. The van der Waals surface area contributed by atoms with Crippen molar-refractivity contribution in [2.24, 2.45) is 0 Å². The van der Waals surface area contributed by atoms with Gasteiger partial charge in [0.15, 0.2) is 0 Å². The third kappa shape index (κ3) is 5.17. The van der Waals surface area contributed by atoms with Gasteiger partial charge in [-0.25, -0.2) is 4.39 Å². The second kappa shape index (κ2) is 8.98. The molecule has 31 heavy (non-hydrogen) atoms. The van der Waals surface area contributed by atoms with Gasteiger partial charge in [-0.15, -0.1) is 5.10 Å². The maximum atomic E-state index is 13.5. The molecule has 0 unspecified atom stereocenters. The summed E-state index contributed by atoms with van der Waals surface area (Å²) in [6.45, 7) is 1.93. The Morgan fingerprint density at radius 3 is 2.65 bits per heavy atom. The van der Waals surface area contributed by atoms with Crippen molar-refractivity contribution in [3.63, 3.8) is 0 Å². The molecular formula is C19H16ClF4N5O2. The summed E-state index contributed by atoms with van der Waals surface area (Å²) in [5, 5.41) is 12.2. The maximum Gasteiger partial charge on any atom is 0.453 e. The smallest absolute Gasteiger partial charge is 0.383 e. The number of halogens is 5. The molecule has 7 nitrogen and oxygen atoms in total. The molecule has 164 valence electrons. The number of ether oxygens (including phenoxy) is 1. The number of benzene rings is 2. The summed E-state index contributed by atoms with van der Waals surface area (Å²) in [7, 11) is 1.47. The number of aromatic nitrogens is 4. The number of methoxy groups -OCH3 is 1. The molecule has 3 aromatic rings. The van der Waals surface area contributed by atoms with Gasteiger partial charge in [0.25, 0.3) is 11.7 Å². The molecule has 0 radical (unpaired) electrons. The van der Waals surface area contributed by atoms with E-state index in [4.69, 9.17) is 16.3 Å². The lowest BCUT2D eigenvalue weighted by molar-refractivity contribution is -0.146. The summed E-state index contributed by atoms with van der Waals surface area (Å²) in [5.74, 6) is -2.52. The molecule has 1 N–H and O–H groups in total. The molecule has 0 aliphatic carbocycles. The predicted octanol–water partition coefficient (Wildman–Crippen LogP) is 3.91. The van der Waals surface area contributed by atoms with Gasteiger partial charge in [0.05, 0.1) is 17.3 Å². The van der Waals surface area contributed by atoms with Crippen LogP contribution >= 0.6 is 11.6 Å². The number of nitrogens with one attached hydrogen (secondary N) is 1. The zero-order chi connectivity index (χ0) is 22.8. The van der Waals surface area contributed by atoms with Crippen LogP contribution < -0.4 is 5.32 Å². The lowest BCUT2D eigenvalue weighted by Gasteiger charge is -2.15. The Bertz CT molecular complexity index is 1100. The zero-order valence-electron chi connectivity index (χ0n) is 16.2. The molecule has 1 amide bonds. The van der Waals surface area contributed by atoms with Crippen molar-refractivity contribution in [3.8, 4) is 16.8 Å². The molecule has 0 bridgehead atoms. The van der Waals surface area contributed by atoms with Gasteiger partial charge in [0.2, 0.25) is 0 Å².